The first-order valence-corrected chi connectivity index (χ1v) is 20.3. The summed E-state index contributed by atoms with van der Waals surface area (Å²) in [5.41, 5.74) is 0. The Hall–Kier alpha value is -2.06. The van der Waals surface area contributed by atoms with Crippen molar-refractivity contribution >= 4 is 13.7 Å². The first-order chi connectivity index (χ1) is 23.5. The molecule has 0 aromatic heterocycles. The van der Waals surface area contributed by atoms with Crippen molar-refractivity contribution in [1.82, 2.24) is 5.32 Å². The van der Waals surface area contributed by atoms with E-state index >= 15 is 0 Å². The van der Waals surface area contributed by atoms with Crippen LogP contribution in [-0.2, 0) is 18.4 Å². The maximum atomic E-state index is 12.8. The van der Waals surface area contributed by atoms with Crippen LogP contribution in [0.25, 0.3) is 0 Å². The van der Waals surface area contributed by atoms with Gasteiger partial charge in [0.25, 0.3) is 7.82 Å². The van der Waals surface area contributed by atoms with Gasteiger partial charge in [0.2, 0.25) is 5.91 Å². The molecule has 0 heterocycles. The molecule has 0 radical (unpaired) electrons. The molecule has 0 bridgehead atoms. The average Bonchev–Trinajstić information content (AvgIpc) is 3.04. The number of amides is 1. The molecule has 9 heteroatoms. The van der Waals surface area contributed by atoms with E-state index in [-0.39, 0.29) is 12.5 Å². The summed E-state index contributed by atoms with van der Waals surface area (Å²) < 4.78 is 23.0. The van der Waals surface area contributed by atoms with Crippen molar-refractivity contribution in [2.75, 3.05) is 40.9 Å². The third-order valence-electron chi connectivity index (χ3n) is 7.64. The summed E-state index contributed by atoms with van der Waals surface area (Å²) >= 11 is 0. The highest BCUT2D eigenvalue weighted by Crippen LogP contribution is 2.38. The maximum Gasteiger partial charge on any atom is 0.268 e. The summed E-state index contributed by atoms with van der Waals surface area (Å²) in [7, 11) is 1.21. The number of carbonyl (C=O) groups excluding carboxylic acids is 1. The normalized spacial score (nSPS) is 15.5. The monoisotopic (exact) mass is 707 g/mol. The van der Waals surface area contributed by atoms with Crippen molar-refractivity contribution in [3.8, 4) is 0 Å². The molecular weight excluding hydrogens is 635 g/mol. The van der Waals surface area contributed by atoms with E-state index in [1.807, 2.05) is 27.2 Å². The molecule has 3 unspecified atom stereocenters. The molecule has 0 spiro atoms. The van der Waals surface area contributed by atoms with Gasteiger partial charge in [-0.05, 0) is 70.6 Å². The summed E-state index contributed by atoms with van der Waals surface area (Å²) in [5, 5.41) is 13.6. The van der Waals surface area contributed by atoms with E-state index in [2.05, 4.69) is 79.9 Å². The van der Waals surface area contributed by atoms with Gasteiger partial charge >= 0.3 is 0 Å². The number of phosphoric ester groups is 1. The summed E-state index contributed by atoms with van der Waals surface area (Å²) in [5.74, 6) is -0.230. The zero-order valence-corrected chi connectivity index (χ0v) is 32.5. The predicted molar refractivity (Wildman–Crippen MR) is 205 cm³/mol. The van der Waals surface area contributed by atoms with Crippen molar-refractivity contribution in [3.63, 3.8) is 0 Å². The quantitative estimate of drug-likeness (QED) is 0.0313. The van der Waals surface area contributed by atoms with Crippen LogP contribution in [0.5, 0.6) is 0 Å². The summed E-state index contributed by atoms with van der Waals surface area (Å²) in [6, 6.07) is -0.915. The van der Waals surface area contributed by atoms with Gasteiger partial charge in [0, 0.05) is 6.42 Å². The summed E-state index contributed by atoms with van der Waals surface area (Å²) in [6.07, 6.45) is 41.0. The van der Waals surface area contributed by atoms with Gasteiger partial charge in [0.1, 0.15) is 13.2 Å². The van der Waals surface area contributed by atoms with Gasteiger partial charge in [-0.2, -0.15) is 0 Å². The fraction of sp³-hybridized carbons (Fsp3) is 0.675. The molecule has 282 valence electrons. The fourth-order valence-electron chi connectivity index (χ4n) is 4.67. The molecular formula is C40H71N2O6P. The van der Waals surface area contributed by atoms with E-state index in [0.29, 0.717) is 17.4 Å². The average molecular weight is 707 g/mol. The lowest BCUT2D eigenvalue weighted by molar-refractivity contribution is -0.870. The van der Waals surface area contributed by atoms with E-state index in [1.165, 1.54) is 19.3 Å². The SMILES string of the molecule is CC/C=C\C/C=C\C/C=C\CCCCCCCCCC(=O)NC(COP(=O)([O-])OCC[N+](C)(C)C)C(O)/C=C/CC/C=C/CC/C=C/CC. The second kappa shape index (κ2) is 31.9. The van der Waals surface area contributed by atoms with Gasteiger partial charge in [-0.3, -0.25) is 9.36 Å². The Kier molecular flexibility index (Phi) is 30.5. The number of aliphatic hydroxyl groups is 1. The summed E-state index contributed by atoms with van der Waals surface area (Å²) in [4.78, 5) is 25.1. The molecule has 0 aliphatic carbocycles. The molecule has 0 aromatic carbocycles. The van der Waals surface area contributed by atoms with Crippen molar-refractivity contribution in [3.05, 3.63) is 72.9 Å². The third-order valence-corrected chi connectivity index (χ3v) is 8.60. The number of unbranched alkanes of at least 4 members (excludes halogenated alkanes) is 9. The summed E-state index contributed by atoms with van der Waals surface area (Å²) in [6.45, 7) is 4.33. The molecule has 0 aromatic rings. The Bertz CT molecular complexity index is 1030. The minimum absolute atomic E-state index is 0.0152. The van der Waals surface area contributed by atoms with Crippen LogP contribution in [0, 0.1) is 0 Å². The predicted octanol–water partition coefficient (Wildman–Crippen LogP) is 9.05. The zero-order chi connectivity index (χ0) is 36.5. The minimum Gasteiger partial charge on any atom is -0.756 e. The van der Waals surface area contributed by atoms with Gasteiger partial charge in [-0.15, -0.1) is 0 Å². The Morgan fingerprint density at radius 2 is 1.20 bits per heavy atom. The number of rotatable bonds is 32. The lowest BCUT2D eigenvalue weighted by atomic mass is 10.1. The van der Waals surface area contributed by atoms with Gasteiger partial charge in [-0.1, -0.05) is 119 Å². The molecule has 0 aliphatic heterocycles. The topological polar surface area (TPSA) is 108 Å². The van der Waals surface area contributed by atoms with Crippen LogP contribution in [-0.4, -0.2) is 68.5 Å². The molecule has 49 heavy (non-hydrogen) atoms. The standard InChI is InChI=1S/C40H71N2O6P/c1-6-8-10-12-14-16-18-19-20-21-22-23-24-26-28-30-32-34-40(44)41-38(37-48-49(45,46)47-36-35-42(3,4)5)39(43)33-31-29-27-25-17-15-13-11-9-7-2/h8-11,14,16-17,19-20,25,31,33,38-39,43H,6-7,12-13,15,18,21-24,26-30,32,34-37H2,1-5H3,(H-,41,44,45,46)/b10-8-,11-9+,16-14-,20-19-,25-17+,33-31+. The van der Waals surface area contributed by atoms with Crippen LogP contribution < -0.4 is 10.2 Å². The van der Waals surface area contributed by atoms with Gasteiger partial charge in [0.05, 0.1) is 39.9 Å². The first kappa shape index (κ1) is 46.9. The molecule has 3 atom stereocenters. The second-order valence-corrected chi connectivity index (χ2v) is 14.9. The molecule has 0 rings (SSSR count). The number of carbonyl (C=O) groups is 1. The number of nitrogens with zero attached hydrogens (tertiary/aromatic N) is 1. The van der Waals surface area contributed by atoms with Crippen molar-refractivity contribution in [1.29, 1.82) is 0 Å². The van der Waals surface area contributed by atoms with Crippen molar-refractivity contribution < 1.29 is 32.9 Å². The van der Waals surface area contributed by atoms with Crippen LogP contribution in [0.3, 0.4) is 0 Å². The second-order valence-electron chi connectivity index (χ2n) is 13.5. The van der Waals surface area contributed by atoms with Crippen LogP contribution in [0.4, 0.5) is 0 Å². The van der Waals surface area contributed by atoms with Gasteiger partial charge in [0.15, 0.2) is 0 Å². The number of hydrogen-bond acceptors (Lipinski definition) is 6. The lowest BCUT2D eigenvalue weighted by Crippen LogP contribution is -2.45. The van der Waals surface area contributed by atoms with Crippen LogP contribution in [0.1, 0.15) is 123 Å². The van der Waals surface area contributed by atoms with Crippen LogP contribution >= 0.6 is 7.82 Å². The number of hydrogen-bond donors (Lipinski definition) is 2. The van der Waals surface area contributed by atoms with E-state index in [9.17, 15) is 19.4 Å². The zero-order valence-electron chi connectivity index (χ0n) is 31.6. The van der Waals surface area contributed by atoms with Gasteiger partial charge < -0.3 is 28.8 Å². The number of allylic oxidation sites excluding steroid dienone is 11. The number of aliphatic hydroxyl groups excluding tert-OH is 1. The molecule has 1 amide bonds. The molecule has 0 saturated heterocycles. The smallest absolute Gasteiger partial charge is 0.268 e. The van der Waals surface area contributed by atoms with Gasteiger partial charge in [-0.25, -0.2) is 0 Å². The van der Waals surface area contributed by atoms with Crippen molar-refractivity contribution in [2.24, 2.45) is 0 Å². The van der Waals surface area contributed by atoms with Crippen LogP contribution in [0.15, 0.2) is 72.9 Å². The number of phosphoric acid groups is 1. The Morgan fingerprint density at radius 3 is 1.82 bits per heavy atom. The number of nitrogens with one attached hydrogen (secondary N) is 1. The Morgan fingerprint density at radius 1 is 0.714 bits per heavy atom. The van der Waals surface area contributed by atoms with E-state index in [4.69, 9.17) is 9.05 Å². The molecule has 0 saturated carbocycles. The largest absolute Gasteiger partial charge is 0.756 e. The maximum absolute atomic E-state index is 12.8. The Balaban J connectivity index is 4.55. The van der Waals surface area contributed by atoms with Crippen LogP contribution in [0.2, 0.25) is 0 Å². The van der Waals surface area contributed by atoms with Crippen molar-refractivity contribution in [2.45, 2.75) is 135 Å². The number of likely N-dealkylation sites (N-methyl/N-ethyl adjacent to an activating group) is 1. The highest BCUT2D eigenvalue weighted by molar-refractivity contribution is 7.45. The first-order valence-electron chi connectivity index (χ1n) is 18.8. The molecule has 2 N–H and O–H groups in total. The van der Waals surface area contributed by atoms with E-state index < -0.39 is 26.6 Å². The molecule has 0 fully saturated rings. The highest BCUT2D eigenvalue weighted by Gasteiger charge is 2.23. The number of quaternary nitrogens is 1. The van der Waals surface area contributed by atoms with E-state index in [0.717, 1.165) is 83.5 Å². The molecule has 8 nitrogen and oxygen atoms in total. The van der Waals surface area contributed by atoms with E-state index in [1.54, 1.807) is 6.08 Å². The lowest BCUT2D eigenvalue weighted by Gasteiger charge is -2.29. The highest BCUT2D eigenvalue weighted by atomic mass is 31.2. The molecule has 0 aliphatic rings. The third kappa shape index (κ3) is 34.2. The Labute approximate surface area is 300 Å². The fourth-order valence-corrected chi connectivity index (χ4v) is 5.40. The minimum atomic E-state index is -4.59.